The highest BCUT2D eigenvalue weighted by Crippen LogP contribution is 2.21. The van der Waals surface area contributed by atoms with E-state index in [1.165, 1.54) is 18.2 Å². The first-order chi connectivity index (χ1) is 12.3. The van der Waals surface area contributed by atoms with Crippen molar-refractivity contribution in [1.29, 1.82) is 0 Å². The Balaban J connectivity index is 1.92. The molecule has 0 saturated heterocycles. The molecular weight excluding hydrogens is 512 g/mol. The summed E-state index contributed by atoms with van der Waals surface area (Å²) in [4.78, 5) is 24.2. The second-order valence-electron chi connectivity index (χ2n) is 4.87. The first kappa shape index (κ1) is 20.7. The van der Waals surface area contributed by atoms with E-state index in [4.69, 9.17) is 40.2 Å². The van der Waals surface area contributed by atoms with Crippen molar-refractivity contribution in [2.45, 2.75) is 0 Å². The summed E-state index contributed by atoms with van der Waals surface area (Å²) in [7, 11) is 1.55. The third-order valence-electron chi connectivity index (χ3n) is 3.06. The van der Waals surface area contributed by atoms with Crippen LogP contribution in [-0.2, 0) is 0 Å². The van der Waals surface area contributed by atoms with Gasteiger partial charge in [-0.05, 0) is 71.2 Å². The van der Waals surface area contributed by atoms with E-state index in [0.29, 0.717) is 21.4 Å². The van der Waals surface area contributed by atoms with Crippen molar-refractivity contribution >= 4 is 74.9 Å². The fourth-order valence-corrected chi connectivity index (χ4v) is 3.29. The maximum atomic E-state index is 12.1. The van der Waals surface area contributed by atoms with Crippen molar-refractivity contribution in [3.05, 3.63) is 61.1 Å². The van der Waals surface area contributed by atoms with Crippen LogP contribution in [0.3, 0.4) is 0 Å². The zero-order valence-electron chi connectivity index (χ0n) is 13.2. The number of ether oxygens (including phenoxy) is 1. The van der Waals surface area contributed by atoms with Gasteiger partial charge in [-0.2, -0.15) is 0 Å². The van der Waals surface area contributed by atoms with Crippen LogP contribution < -0.4 is 20.9 Å². The lowest BCUT2D eigenvalue weighted by Crippen LogP contribution is -2.48. The Kier molecular flexibility index (Phi) is 7.44. The number of hydrogen-bond acceptors (Lipinski definition) is 4. The average molecular weight is 524 g/mol. The van der Waals surface area contributed by atoms with Crippen LogP contribution in [-0.4, -0.2) is 24.0 Å². The second-order valence-corrected chi connectivity index (χ2v) is 7.31. The molecule has 10 heteroatoms. The van der Waals surface area contributed by atoms with Crippen molar-refractivity contribution in [2.75, 3.05) is 7.11 Å². The molecule has 136 valence electrons. The Morgan fingerprint density at radius 3 is 2.23 bits per heavy atom. The number of nitrogens with one attached hydrogen (secondary N) is 3. The average Bonchev–Trinajstić information content (AvgIpc) is 2.58. The summed E-state index contributed by atoms with van der Waals surface area (Å²) < 4.78 is 5.92. The summed E-state index contributed by atoms with van der Waals surface area (Å²) in [6, 6.07) is 9.35. The quantitative estimate of drug-likeness (QED) is 0.326. The molecule has 0 aromatic heterocycles. The number of thiocarbonyl (C=S) groups is 1. The Bertz CT molecular complexity index is 860. The summed E-state index contributed by atoms with van der Waals surface area (Å²) in [5.41, 5.74) is 5.50. The number of methoxy groups -OCH3 is 1. The summed E-state index contributed by atoms with van der Waals surface area (Å²) in [5.74, 6) is -0.272. The van der Waals surface area contributed by atoms with Crippen LogP contribution >= 0.6 is 58.0 Å². The fourth-order valence-electron chi connectivity index (χ4n) is 1.88. The van der Waals surface area contributed by atoms with Crippen LogP contribution in [0.15, 0.2) is 36.4 Å². The van der Waals surface area contributed by atoms with Crippen LogP contribution in [0.4, 0.5) is 0 Å². The molecular formula is C16H12Cl2IN3O3S. The van der Waals surface area contributed by atoms with Gasteiger partial charge in [-0.25, -0.2) is 0 Å². The van der Waals surface area contributed by atoms with E-state index in [-0.39, 0.29) is 10.7 Å². The van der Waals surface area contributed by atoms with Crippen LogP contribution in [0.25, 0.3) is 0 Å². The van der Waals surface area contributed by atoms with E-state index in [1.54, 1.807) is 25.3 Å². The molecule has 2 amide bonds. The van der Waals surface area contributed by atoms with Crippen LogP contribution in [0, 0.1) is 3.57 Å². The summed E-state index contributed by atoms with van der Waals surface area (Å²) in [6.07, 6.45) is 0. The van der Waals surface area contributed by atoms with Crippen molar-refractivity contribution in [2.24, 2.45) is 0 Å². The number of benzene rings is 2. The molecule has 0 aliphatic heterocycles. The van der Waals surface area contributed by atoms with Gasteiger partial charge >= 0.3 is 0 Å². The van der Waals surface area contributed by atoms with Gasteiger partial charge in [0.15, 0.2) is 5.11 Å². The van der Waals surface area contributed by atoms with Crippen LogP contribution in [0.2, 0.25) is 10.0 Å². The number of carbonyl (C=O) groups is 2. The van der Waals surface area contributed by atoms with E-state index in [9.17, 15) is 9.59 Å². The lowest BCUT2D eigenvalue weighted by molar-refractivity contribution is 0.0934. The highest BCUT2D eigenvalue weighted by molar-refractivity contribution is 14.1. The summed E-state index contributed by atoms with van der Waals surface area (Å²) in [5, 5.41) is 2.98. The van der Waals surface area contributed by atoms with Gasteiger partial charge in [0.2, 0.25) is 0 Å². The highest BCUT2D eigenvalue weighted by atomic mass is 127. The van der Waals surface area contributed by atoms with Gasteiger partial charge in [0, 0.05) is 21.2 Å². The molecule has 0 radical (unpaired) electrons. The summed E-state index contributed by atoms with van der Waals surface area (Å²) in [6.45, 7) is 0. The molecule has 2 rings (SSSR count). The Hall–Kier alpha value is -1.62. The molecule has 0 atom stereocenters. The number of amides is 2. The topological polar surface area (TPSA) is 79.5 Å². The van der Waals surface area contributed by atoms with Crippen molar-refractivity contribution < 1.29 is 14.3 Å². The first-order valence-corrected chi connectivity index (χ1v) is 9.25. The van der Waals surface area contributed by atoms with E-state index < -0.39 is 11.8 Å². The van der Waals surface area contributed by atoms with Gasteiger partial charge in [-0.3, -0.25) is 25.8 Å². The minimum Gasteiger partial charge on any atom is -0.496 e. The lowest BCUT2D eigenvalue weighted by Gasteiger charge is -2.12. The maximum Gasteiger partial charge on any atom is 0.269 e. The van der Waals surface area contributed by atoms with Gasteiger partial charge in [0.1, 0.15) is 5.75 Å². The smallest absolute Gasteiger partial charge is 0.269 e. The van der Waals surface area contributed by atoms with Gasteiger partial charge in [-0.15, -0.1) is 0 Å². The highest BCUT2D eigenvalue weighted by Gasteiger charge is 2.12. The van der Waals surface area contributed by atoms with Gasteiger partial charge in [-0.1, -0.05) is 23.2 Å². The van der Waals surface area contributed by atoms with Gasteiger partial charge in [0.25, 0.3) is 11.8 Å². The predicted molar refractivity (Wildman–Crippen MR) is 113 cm³/mol. The first-order valence-electron chi connectivity index (χ1n) is 7.01. The molecule has 2 aromatic rings. The number of halogens is 3. The van der Waals surface area contributed by atoms with E-state index in [0.717, 1.165) is 3.57 Å². The minimum atomic E-state index is -0.514. The zero-order chi connectivity index (χ0) is 19.3. The molecule has 6 nitrogen and oxygen atoms in total. The van der Waals surface area contributed by atoms with Crippen molar-refractivity contribution in [3.63, 3.8) is 0 Å². The Labute approximate surface area is 178 Å². The molecule has 0 spiro atoms. The molecule has 0 bridgehead atoms. The fraction of sp³-hybridized carbons (Fsp3) is 0.0625. The maximum absolute atomic E-state index is 12.1. The molecule has 0 saturated carbocycles. The monoisotopic (exact) mass is 523 g/mol. The van der Waals surface area contributed by atoms with Gasteiger partial charge < -0.3 is 4.74 Å². The minimum absolute atomic E-state index is 0.0809. The molecule has 2 aromatic carbocycles. The molecule has 0 aliphatic carbocycles. The van der Waals surface area contributed by atoms with Crippen LogP contribution in [0.1, 0.15) is 20.7 Å². The van der Waals surface area contributed by atoms with Crippen molar-refractivity contribution in [1.82, 2.24) is 16.2 Å². The zero-order valence-corrected chi connectivity index (χ0v) is 17.7. The lowest BCUT2D eigenvalue weighted by atomic mass is 10.2. The third-order valence-corrected chi connectivity index (χ3v) is 4.54. The SMILES string of the molecule is COc1ccc(C(=O)NNC(=S)NC(=O)c2cc(Cl)cc(Cl)c2)cc1I. The standard InChI is InChI=1S/C16H12Cl2IN3O3S/c1-25-13-3-2-8(6-12(13)19)15(24)21-22-16(26)20-14(23)9-4-10(17)7-11(18)5-9/h2-7H,1H3,(H,21,24)(H2,20,22,23,26). The predicted octanol–water partition coefficient (Wildman–Crippen LogP) is 3.56. The third kappa shape index (κ3) is 5.70. The Morgan fingerprint density at radius 2 is 1.65 bits per heavy atom. The molecule has 0 heterocycles. The molecule has 0 unspecified atom stereocenters. The number of hydrogen-bond donors (Lipinski definition) is 3. The molecule has 3 N–H and O–H groups in total. The number of hydrazine groups is 1. The number of carbonyl (C=O) groups excluding carboxylic acids is 2. The van der Waals surface area contributed by atoms with E-state index in [1.807, 2.05) is 0 Å². The van der Waals surface area contributed by atoms with Crippen LogP contribution in [0.5, 0.6) is 5.75 Å². The van der Waals surface area contributed by atoms with E-state index >= 15 is 0 Å². The normalized spacial score (nSPS) is 10.0. The molecule has 0 fully saturated rings. The second kappa shape index (κ2) is 9.36. The molecule has 26 heavy (non-hydrogen) atoms. The Morgan fingerprint density at radius 1 is 1.00 bits per heavy atom. The number of rotatable bonds is 3. The van der Waals surface area contributed by atoms with Gasteiger partial charge in [0.05, 0.1) is 10.7 Å². The van der Waals surface area contributed by atoms with E-state index in [2.05, 4.69) is 38.8 Å². The molecule has 0 aliphatic rings. The largest absolute Gasteiger partial charge is 0.496 e. The summed E-state index contributed by atoms with van der Waals surface area (Å²) >= 11 is 18.8. The van der Waals surface area contributed by atoms with Crippen molar-refractivity contribution in [3.8, 4) is 5.75 Å².